The second-order valence-electron chi connectivity index (χ2n) is 5.35. The first kappa shape index (κ1) is 15.2. The summed E-state index contributed by atoms with van der Waals surface area (Å²) in [6, 6.07) is 4.23. The topological polar surface area (TPSA) is 63.4 Å². The maximum Gasteiger partial charge on any atom is 0.231 e. The van der Waals surface area contributed by atoms with Gasteiger partial charge in [0.1, 0.15) is 0 Å². The Labute approximate surface area is 124 Å². The zero-order chi connectivity index (χ0) is 14.5. The number of thiophene rings is 1. The first-order valence-electron chi connectivity index (χ1n) is 7.24. The van der Waals surface area contributed by atoms with Crippen LogP contribution in [-0.4, -0.2) is 35.7 Å². The number of hydrogen-bond donors (Lipinski definition) is 1. The average molecular weight is 294 g/mol. The summed E-state index contributed by atoms with van der Waals surface area (Å²) in [4.78, 5) is 27.5. The second-order valence-corrected chi connectivity index (χ2v) is 6.52. The molecule has 2 rings (SSSR count). The predicted octanol–water partition coefficient (Wildman–Crippen LogP) is 2.22. The van der Waals surface area contributed by atoms with Gasteiger partial charge in [0, 0.05) is 10.9 Å². The Morgan fingerprint density at radius 3 is 2.55 bits per heavy atom. The summed E-state index contributed by atoms with van der Waals surface area (Å²) in [6.07, 6.45) is 5.42. The van der Waals surface area contributed by atoms with Gasteiger partial charge in [0.25, 0.3) is 0 Å². The van der Waals surface area contributed by atoms with E-state index in [2.05, 4.69) is 6.92 Å². The molecule has 1 aromatic heterocycles. The molecule has 1 aliphatic rings. The molecule has 1 amide bonds. The number of primary amides is 1. The van der Waals surface area contributed by atoms with Crippen LogP contribution in [-0.2, 0) is 11.2 Å². The minimum Gasteiger partial charge on any atom is -0.369 e. The fourth-order valence-corrected chi connectivity index (χ4v) is 3.64. The van der Waals surface area contributed by atoms with Gasteiger partial charge in [0.05, 0.1) is 18.0 Å². The highest BCUT2D eigenvalue weighted by Gasteiger charge is 2.26. The summed E-state index contributed by atoms with van der Waals surface area (Å²) >= 11 is 1.55. The van der Waals surface area contributed by atoms with E-state index >= 15 is 0 Å². The van der Waals surface area contributed by atoms with Gasteiger partial charge >= 0.3 is 0 Å². The molecular weight excluding hydrogens is 272 g/mol. The zero-order valence-corrected chi connectivity index (χ0v) is 12.7. The van der Waals surface area contributed by atoms with E-state index in [0.29, 0.717) is 12.6 Å². The highest BCUT2D eigenvalue weighted by molar-refractivity contribution is 7.14. The molecule has 0 radical (unpaired) electrons. The van der Waals surface area contributed by atoms with Gasteiger partial charge in [-0.2, -0.15) is 0 Å². The van der Waals surface area contributed by atoms with E-state index in [4.69, 9.17) is 5.73 Å². The van der Waals surface area contributed by atoms with Gasteiger partial charge in [-0.15, -0.1) is 11.3 Å². The normalized spacial score (nSPS) is 15.9. The number of rotatable bonds is 7. The van der Waals surface area contributed by atoms with Crippen LogP contribution in [0.2, 0.25) is 0 Å². The van der Waals surface area contributed by atoms with Crippen LogP contribution in [0.5, 0.6) is 0 Å². The number of nitrogens with zero attached hydrogens (tertiary/aromatic N) is 1. The van der Waals surface area contributed by atoms with Crippen LogP contribution in [0, 0.1) is 0 Å². The van der Waals surface area contributed by atoms with Crippen LogP contribution < -0.4 is 5.73 Å². The molecule has 20 heavy (non-hydrogen) atoms. The summed E-state index contributed by atoms with van der Waals surface area (Å²) in [6.45, 7) is 2.57. The van der Waals surface area contributed by atoms with Crippen LogP contribution in [0.4, 0.5) is 0 Å². The van der Waals surface area contributed by atoms with Gasteiger partial charge in [-0.1, -0.05) is 19.8 Å². The quantitative estimate of drug-likeness (QED) is 0.784. The van der Waals surface area contributed by atoms with E-state index in [1.807, 2.05) is 17.0 Å². The lowest BCUT2D eigenvalue weighted by Gasteiger charge is -2.26. The van der Waals surface area contributed by atoms with Crippen molar-refractivity contribution in [3.63, 3.8) is 0 Å². The maximum atomic E-state index is 12.3. The number of amides is 1. The highest BCUT2D eigenvalue weighted by atomic mass is 32.1. The van der Waals surface area contributed by atoms with Gasteiger partial charge in [0.2, 0.25) is 5.91 Å². The Morgan fingerprint density at radius 2 is 2.00 bits per heavy atom. The lowest BCUT2D eigenvalue weighted by Crippen LogP contribution is -2.42. The first-order chi connectivity index (χ1) is 9.60. The minimum absolute atomic E-state index is 0.0999. The van der Waals surface area contributed by atoms with Crippen molar-refractivity contribution in [1.29, 1.82) is 0 Å². The van der Waals surface area contributed by atoms with Crippen molar-refractivity contribution in [2.75, 3.05) is 13.1 Å². The highest BCUT2D eigenvalue weighted by Crippen LogP contribution is 2.24. The van der Waals surface area contributed by atoms with E-state index in [9.17, 15) is 9.59 Å². The number of carbonyl (C=O) groups is 2. The molecule has 1 heterocycles. The fraction of sp³-hybridized carbons (Fsp3) is 0.600. The summed E-state index contributed by atoms with van der Waals surface area (Å²) < 4.78 is 0. The van der Waals surface area contributed by atoms with E-state index in [-0.39, 0.29) is 18.2 Å². The molecule has 0 unspecified atom stereocenters. The van der Waals surface area contributed by atoms with Crippen LogP contribution in [0.15, 0.2) is 12.1 Å². The van der Waals surface area contributed by atoms with Crippen molar-refractivity contribution in [3.05, 3.63) is 21.9 Å². The average Bonchev–Trinajstić information content (AvgIpc) is 3.08. The molecule has 0 aromatic carbocycles. The fourth-order valence-electron chi connectivity index (χ4n) is 2.76. The van der Waals surface area contributed by atoms with Crippen molar-refractivity contribution in [1.82, 2.24) is 4.90 Å². The molecule has 0 bridgehead atoms. The van der Waals surface area contributed by atoms with Crippen LogP contribution in [0.25, 0.3) is 0 Å². The van der Waals surface area contributed by atoms with Gasteiger partial charge in [-0.25, -0.2) is 0 Å². The maximum absolute atomic E-state index is 12.3. The number of ketones is 1. The van der Waals surface area contributed by atoms with Gasteiger partial charge < -0.3 is 5.73 Å². The minimum atomic E-state index is -0.356. The number of aryl methyl sites for hydroxylation is 1. The number of nitrogens with two attached hydrogens (primary N) is 1. The molecular formula is C15H22N2O2S. The number of hydrogen-bond acceptors (Lipinski definition) is 4. The van der Waals surface area contributed by atoms with Gasteiger partial charge in [0.15, 0.2) is 5.78 Å². The third kappa shape index (κ3) is 3.90. The Hall–Kier alpha value is -1.20. The molecule has 1 aromatic rings. The third-order valence-electron chi connectivity index (χ3n) is 3.83. The lowest BCUT2D eigenvalue weighted by molar-refractivity contribution is -0.119. The summed E-state index contributed by atoms with van der Waals surface area (Å²) in [5, 5.41) is 0. The van der Waals surface area contributed by atoms with Crippen molar-refractivity contribution in [3.8, 4) is 0 Å². The molecule has 110 valence electrons. The molecule has 0 saturated heterocycles. The Balaban J connectivity index is 2.02. The second kappa shape index (κ2) is 6.99. The van der Waals surface area contributed by atoms with Crippen molar-refractivity contribution in [2.45, 2.75) is 45.1 Å². The van der Waals surface area contributed by atoms with Crippen LogP contribution in [0.1, 0.15) is 47.2 Å². The molecule has 0 spiro atoms. The third-order valence-corrected chi connectivity index (χ3v) is 5.10. The Morgan fingerprint density at radius 1 is 1.30 bits per heavy atom. The Bertz CT molecular complexity index is 478. The van der Waals surface area contributed by atoms with Crippen molar-refractivity contribution < 1.29 is 9.59 Å². The molecule has 1 aliphatic carbocycles. The summed E-state index contributed by atoms with van der Waals surface area (Å²) in [5.74, 6) is -0.257. The number of carbonyl (C=O) groups excluding carboxylic acids is 2. The molecule has 5 heteroatoms. The smallest absolute Gasteiger partial charge is 0.231 e. The number of Topliss-reactive ketones (excluding diaryl/α,β-unsaturated/α-hetero) is 1. The largest absolute Gasteiger partial charge is 0.369 e. The zero-order valence-electron chi connectivity index (χ0n) is 11.9. The van der Waals surface area contributed by atoms with Crippen LogP contribution in [0.3, 0.4) is 0 Å². The van der Waals surface area contributed by atoms with Crippen molar-refractivity contribution >= 4 is 23.0 Å². The van der Waals surface area contributed by atoms with Crippen LogP contribution >= 0.6 is 11.3 Å². The van der Waals surface area contributed by atoms with E-state index in [1.165, 1.54) is 17.7 Å². The molecule has 2 N–H and O–H groups in total. The standard InChI is InChI=1S/C15H22N2O2S/c1-2-12-7-8-14(20-12)13(18)9-17(10-15(16)19)11-5-3-4-6-11/h7-8,11H,2-6,9-10H2,1H3,(H2,16,19). The molecule has 1 saturated carbocycles. The van der Waals surface area contributed by atoms with E-state index in [1.54, 1.807) is 11.3 Å². The summed E-state index contributed by atoms with van der Waals surface area (Å²) in [5.41, 5.74) is 5.31. The van der Waals surface area contributed by atoms with E-state index < -0.39 is 0 Å². The predicted molar refractivity (Wildman–Crippen MR) is 81.1 cm³/mol. The summed E-state index contributed by atoms with van der Waals surface area (Å²) in [7, 11) is 0. The Kier molecular flexibility index (Phi) is 5.31. The lowest BCUT2D eigenvalue weighted by atomic mass is 10.2. The molecule has 4 nitrogen and oxygen atoms in total. The van der Waals surface area contributed by atoms with E-state index in [0.717, 1.165) is 24.1 Å². The molecule has 0 atom stereocenters. The van der Waals surface area contributed by atoms with Gasteiger partial charge in [-0.05, 0) is 31.4 Å². The first-order valence-corrected chi connectivity index (χ1v) is 8.06. The molecule has 0 aliphatic heterocycles. The molecule has 1 fully saturated rings. The van der Waals surface area contributed by atoms with Gasteiger partial charge in [-0.3, -0.25) is 14.5 Å². The van der Waals surface area contributed by atoms with Crippen molar-refractivity contribution in [2.24, 2.45) is 5.73 Å². The monoisotopic (exact) mass is 294 g/mol. The SMILES string of the molecule is CCc1ccc(C(=O)CN(CC(N)=O)C2CCCC2)s1.